The van der Waals surface area contributed by atoms with Crippen molar-refractivity contribution >= 4 is 7.60 Å². The summed E-state index contributed by atoms with van der Waals surface area (Å²) in [6.45, 7) is 12.7. The second kappa shape index (κ2) is 6.33. The Morgan fingerprint density at radius 2 is 1.53 bits per heavy atom. The Hall–Kier alpha value is 0.110. The van der Waals surface area contributed by atoms with Crippen LogP contribution in [0.25, 0.3) is 0 Å². The number of hydrogen-bond donors (Lipinski definition) is 1. The maximum Gasteiger partial charge on any atom is 0.333 e. The predicted molar refractivity (Wildman–Crippen MR) is 70.4 cm³/mol. The van der Waals surface area contributed by atoms with Gasteiger partial charge in [0.25, 0.3) is 0 Å². The summed E-state index contributed by atoms with van der Waals surface area (Å²) in [4.78, 5) is 9.61. The van der Waals surface area contributed by atoms with E-state index < -0.39 is 12.8 Å². The molecule has 0 heterocycles. The molecule has 4 nitrogen and oxygen atoms in total. The summed E-state index contributed by atoms with van der Waals surface area (Å²) in [6.07, 6.45) is 0.961. The molecule has 1 N–H and O–H groups in total. The molecule has 1 atom stereocenters. The van der Waals surface area contributed by atoms with E-state index in [1.54, 1.807) is 20.8 Å². The lowest BCUT2D eigenvalue weighted by molar-refractivity contribution is 0.0767. The van der Waals surface area contributed by atoms with Gasteiger partial charge < -0.3 is 14.2 Å². The van der Waals surface area contributed by atoms with Crippen molar-refractivity contribution in [3.8, 4) is 0 Å². The van der Waals surface area contributed by atoms with Gasteiger partial charge in [-0.25, -0.2) is 0 Å². The Labute approximate surface area is 105 Å². The molecular formula is C12H27O4P. The molecule has 5 heteroatoms. The molecule has 104 valence electrons. The topological polar surface area (TPSA) is 55.8 Å². The monoisotopic (exact) mass is 266 g/mol. The van der Waals surface area contributed by atoms with Crippen molar-refractivity contribution in [3.63, 3.8) is 0 Å². The van der Waals surface area contributed by atoms with Gasteiger partial charge in [-0.1, -0.05) is 20.8 Å². The average Bonchev–Trinajstić information content (AvgIpc) is 2.07. The molecule has 0 spiro atoms. The van der Waals surface area contributed by atoms with Crippen LogP contribution in [0.5, 0.6) is 0 Å². The van der Waals surface area contributed by atoms with E-state index in [9.17, 15) is 9.46 Å². The first-order valence-corrected chi connectivity index (χ1v) is 7.59. The standard InChI is InChI=1S/C12H27O4P/c1-11(2,3)7-8-15-9-10-16-17(13,14)12(4,5)6/h7-10H2,1-6H3,(H,13,14). The maximum absolute atomic E-state index is 11.7. The quantitative estimate of drug-likeness (QED) is 0.591. The molecule has 0 radical (unpaired) electrons. The second-order valence-electron chi connectivity index (χ2n) is 6.45. The van der Waals surface area contributed by atoms with Crippen LogP contribution in [0.1, 0.15) is 48.0 Å². The summed E-state index contributed by atoms with van der Waals surface area (Å²) in [6, 6.07) is 0. The van der Waals surface area contributed by atoms with Crippen molar-refractivity contribution in [1.82, 2.24) is 0 Å². The van der Waals surface area contributed by atoms with Crippen LogP contribution >= 0.6 is 7.60 Å². The highest BCUT2D eigenvalue weighted by atomic mass is 31.2. The maximum atomic E-state index is 11.7. The van der Waals surface area contributed by atoms with E-state index in [1.165, 1.54) is 0 Å². The smallest absolute Gasteiger partial charge is 0.333 e. The van der Waals surface area contributed by atoms with E-state index in [2.05, 4.69) is 20.8 Å². The summed E-state index contributed by atoms with van der Waals surface area (Å²) < 4.78 is 22.1. The Morgan fingerprint density at radius 1 is 1.00 bits per heavy atom. The fourth-order valence-electron chi connectivity index (χ4n) is 0.894. The van der Waals surface area contributed by atoms with Gasteiger partial charge in [0.1, 0.15) is 0 Å². The molecule has 0 saturated carbocycles. The van der Waals surface area contributed by atoms with Crippen LogP contribution in [-0.4, -0.2) is 29.9 Å². The van der Waals surface area contributed by atoms with Gasteiger partial charge in [-0.15, -0.1) is 0 Å². The van der Waals surface area contributed by atoms with Gasteiger partial charge in [-0.3, -0.25) is 4.57 Å². The lowest BCUT2D eigenvalue weighted by Gasteiger charge is -2.25. The second-order valence-corrected chi connectivity index (χ2v) is 9.09. The van der Waals surface area contributed by atoms with Crippen molar-refractivity contribution < 1.29 is 18.7 Å². The first-order chi connectivity index (χ1) is 7.46. The molecule has 0 fully saturated rings. The van der Waals surface area contributed by atoms with Crippen molar-refractivity contribution in [3.05, 3.63) is 0 Å². The van der Waals surface area contributed by atoms with Crippen molar-refractivity contribution in [1.29, 1.82) is 0 Å². The number of ether oxygens (including phenoxy) is 1. The molecule has 0 saturated heterocycles. The fraction of sp³-hybridized carbons (Fsp3) is 1.00. The van der Waals surface area contributed by atoms with Crippen LogP contribution in [-0.2, 0) is 13.8 Å². The van der Waals surface area contributed by atoms with Crippen molar-refractivity contribution in [2.24, 2.45) is 5.41 Å². The Bertz CT molecular complexity index is 263. The Balaban J connectivity index is 3.70. The van der Waals surface area contributed by atoms with Crippen LogP contribution in [0.3, 0.4) is 0 Å². The van der Waals surface area contributed by atoms with Crippen molar-refractivity contribution in [2.45, 2.75) is 53.1 Å². The Kier molecular flexibility index (Phi) is 6.37. The van der Waals surface area contributed by atoms with Gasteiger partial charge in [-0.2, -0.15) is 0 Å². The molecule has 0 bridgehead atoms. The minimum atomic E-state index is -3.54. The molecular weight excluding hydrogens is 239 g/mol. The summed E-state index contributed by atoms with van der Waals surface area (Å²) in [5.74, 6) is 0. The van der Waals surface area contributed by atoms with E-state index >= 15 is 0 Å². The highest BCUT2D eigenvalue weighted by Crippen LogP contribution is 2.54. The summed E-state index contributed by atoms with van der Waals surface area (Å²) in [7, 11) is -3.54. The summed E-state index contributed by atoms with van der Waals surface area (Å²) in [5.41, 5.74) is 0.249. The first-order valence-electron chi connectivity index (χ1n) is 6.01. The van der Waals surface area contributed by atoms with E-state index in [0.29, 0.717) is 13.2 Å². The highest BCUT2D eigenvalue weighted by molar-refractivity contribution is 7.54. The van der Waals surface area contributed by atoms with E-state index in [0.717, 1.165) is 6.42 Å². The zero-order valence-corrected chi connectivity index (χ0v) is 12.8. The van der Waals surface area contributed by atoms with Gasteiger partial charge in [0.2, 0.25) is 0 Å². The molecule has 1 unspecified atom stereocenters. The molecule has 0 aromatic rings. The minimum Gasteiger partial charge on any atom is -0.379 e. The van der Waals surface area contributed by atoms with Gasteiger partial charge in [0.15, 0.2) is 0 Å². The molecule has 17 heavy (non-hydrogen) atoms. The van der Waals surface area contributed by atoms with Gasteiger partial charge >= 0.3 is 7.60 Å². The van der Waals surface area contributed by atoms with Crippen LogP contribution in [0, 0.1) is 5.41 Å². The minimum absolute atomic E-state index is 0.162. The predicted octanol–water partition coefficient (Wildman–Crippen LogP) is 3.44. The number of hydrogen-bond acceptors (Lipinski definition) is 3. The lowest BCUT2D eigenvalue weighted by atomic mass is 9.93. The molecule has 0 amide bonds. The molecule has 0 aliphatic carbocycles. The molecule has 0 rings (SSSR count). The molecule has 0 aliphatic heterocycles. The third-order valence-corrected chi connectivity index (χ3v) is 4.57. The summed E-state index contributed by atoms with van der Waals surface area (Å²) in [5, 5.41) is -0.738. The van der Waals surface area contributed by atoms with Gasteiger partial charge in [0, 0.05) is 6.61 Å². The summed E-state index contributed by atoms with van der Waals surface area (Å²) >= 11 is 0. The van der Waals surface area contributed by atoms with Crippen LogP contribution < -0.4 is 0 Å². The van der Waals surface area contributed by atoms with E-state index in [1.807, 2.05) is 0 Å². The van der Waals surface area contributed by atoms with Gasteiger partial charge in [0.05, 0.1) is 18.4 Å². The highest BCUT2D eigenvalue weighted by Gasteiger charge is 2.35. The normalized spacial score (nSPS) is 16.9. The largest absolute Gasteiger partial charge is 0.379 e. The SMILES string of the molecule is CC(C)(C)CCOCCOP(=O)(O)C(C)(C)C. The molecule has 0 aromatic heterocycles. The van der Waals surface area contributed by atoms with E-state index in [-0.39, 0.29) is 12.0 Å². The van der Waals surface area contributed by atoms with Crippen LogP contribution in [0.4, 0.5) is 0 Å². The lowest BCUT2D eigenvalue weighted by Crippen LogP contribution is -2.18. The number of rotatable bonds is 6. The van der Waals surface area contributed by atoms with Gasteiger partial charge in [-0.05, 0) is 32.6 Å². The van der Waals surface area contributed by atoms with Crippen molar-refractivity contribution in [2.75, 3.05) is 19.8 Å². The third-order valence-electron chi connectivity index (χ3n) is 2.34. The van der Waals surface area contributed by atoms with E-state index in [4.69, 9.17) is 9.26 Å². The first kappa shape index (κ1) is 17.1. The average molecular weight is 266 g/mol. The zero-order valence-electron chi connectivity index (χ0n) is 11.9. The molecule has 0 aliphatic rings. The van der Waals surface area contributed by atoms with Crippen LogP contribution in [0.15, 0.2) is 0 Å². The van der Waals surface area contributed by atoms with Crippen LogP contribution in [0.2, 0.25) is 0 Å². The zero-order chi connectivity index (χ0) is 13.7. The molecule has 0 aromatic carbocycles. The fourth-order valence-corrected chi connectivity index (χ4v) is 1.60. The Morgan fingerprint density at radius 3 is 1.94 bits per heavy atom. The third kappa shape index (κ3) is 7.93.